The van der Waals surface area contributed by atoms with E-state index < -0.39 is 0 Å². The number of aryl methyl sites for hydroxylation is 2. The molecule has 0 aliphatic rings. The van der Waals surface area contributed by atoms with Gasteiger partial charge in [0.05, 0.1) is 13.1 Å². The van der Waals surface area contributed by atoms with Crippen molar-refractivity contribution >= 4 is 0 Å². The summed E-state index contributed by atoms with van der Waals surface area (Å²) < 4.78 is 4.69. The second kappa shape index (κ2) is 13.7. The highest BCUT2D eigenvalue weighted by Crippen LogP contribution is 2.04. The number of rotatable bonds is 12. The molecule has 0 bridgehead atoms. The molecule has 0 unspecified atom stereocenters. The van der Waals surface area contributed by atoms with Crippen molar-refractivity contribution in [1.82, 2.24) is 4.57 Å². The van der Waals surface area contributed by atoms with Crippen LogP contribution in [0.2, 0.25) is 0 Å². The molecule has 118 valence electrons. The topological polar surface area (TPSA) is 8.81 Å². The molecule has 0 saturated heterocycles. The normalized spacial score (nSPS) is 10.5. The van der Waals surface area contributed by atoms with Gasteiger partial charge in [0.2, 0.25) is 6.33 Å². The summed E-state index contributed by atoms with van der Waals surface area (Å²) in [6.45, 7) is 6.92. The van der Waals surface area contributed by atoms with E-state index in [1.807, 2.05) is 0 Å². The molecule has 0 aromatic carbocycles. The highest BCUT2D eigenvalue weighted by molar-refractivity contribution is 4.66. The van der Waals surface area contributed by atoms with Gasteiger partial charge in [-0.1, -0.05) is 52.4 Å². The van der Waals surface area contributed by atoms with Crippen LogP contribution in [-0.4, -0.2) is 4.57 Å². The van der Waals surface area contributed by atoms with Crippen LogP contribution in [0, 0.1) is 0 Å². The van der Waals surface area contributed by atoms with E-state index in [1.165, 1.54) is 77.3 Å². The second-order valence-electron chi connectivity index (χ2n) is 5.72. The van der Waals surface area contributed by atoms with Gasteiger partial charge in [0, 0.05) is 0 Å². The van der Waals surface area contributed by atoms with E-state index in [1.54, 1.807) is 0 Å². The summed E-state index contributed by atoms with van der Waals surface area (Å²) in [6.07, 6.45) is 20.4. The SMILES string of the molecule is CCCCCCCn1cc[n+](CCCCCCC)c1.[Br-]. The van der Waals surface area contributed by atoms with E-state index in [0.29, 0.717) is 0 Å². The first-order chi connectivity index (χ1) is 9.36. The summed E-state index contributed by atoms with van der Waals surface area (Å²) in [5.41, 5.74) is 0. The predicted molar refractivity (Wildman–Crippen MR) is 82.1 cm³/mol. The van der Waals surface area contributed by atoms with Crippen LogP contribution in [0.15, 0.2) is 18.7 Å². The lowest BCUT2D eigenvalue weighted by atomic mass is 10.1. The Morgan fingerprint density at radius 2 is 1.40 bits per heavy atom. The van der Waals surface area contributed by atoms with E-state index >= 15 is 0 Å². The summed E-state index contributed by atoms with van der Waals surface area (Å²) in [6, 6.07) is 0. The van der Waals surface area contributed by atoms with Crippen molar-refractivity contribution in [1.29, 1.82) is 0 Å². The zero-order valence-electron chi connectivity index (χ0n) is 13.5. The van der Waals surface area contributed by atoms with Gasteiger partial charge in [-0.25, -0.2) is 9.13 Å². The van der Waals surface area contributed by atoms with Gasteiger partial charge in [-0.2, -0.15) is 0 Å². The largest absolute Gasteiger partial charge is 1.00 e. The predicted octanol–water partition coefficient (Wildman–Crippen LogP) is 1.72. The van der Waals surface area contributed by atoms with Crippen LogP contribution in [0.4, 0.5) is 0 Å². The molecule has 1 aromatic heterocycles. The molecule has 2 nitrogen and oxygen atoms in total. The summed E-state index contributed by atoms with van der Waals surface area (Å²) in [5.74, 6) is 0. The maximum Gasteiger partial charge on any atom is 0.243 e. The maximum atomic E-state index is 2.35. The third-order valence-electron chi connectivity index (χ3n) is 3.79. The molecule has 3 heteroatoms. The Bertz CT molecular complexity index is 281. The minimum absolute atomic E-state index is 0. The summed E-state index contributed by atoms with van der Waals surface area (Å²) in [5, 5.41) is 0. The molecule has 0 saturated carbocycles. The third kappa shape index (κ3) is 9.57. The van der Waals surface area contributed by atoms with E-state index in [9.17, 15) is 0 Å². The molecule has 0 N–H and O–H groups in total. The van der Waals surface area contributed by atoms with Crippen molar-refractivity contribution in [2.24, 2.45) is 0 Å². The van der Waals surface area contributed by atoms with Crippen molar-refractivity contribution in [3.63, 3.8) is 0 Å². The fourth-order valence-corrected chi connectivity index (χ4v) is 2.50. The number of imidazole rings is 1. The Balaban J connectivity index is 0.00000361. The molecular formula is C17H33BrN2. The molecule has 0 spiro atoms. The smallest absolute Gasteiger partial charge is 0.243 e. The quantitative estimate of drug-likeness (QED) is 0.403. The van der Waals surface area contributed by atoms with Gasteiger partial charge in [-0.05, 0) is 25.7 Å². The number of nitrogens with zero attached hydrogens (tertiary/aromatic N) is 2. The van der Waals surface area contributed by atoms with E-state index in [2.05, 4.69) is 41.7 Å². The Labute approximate surface area is 136 Å². The Morgan fingerprint density at radius 1 is 0.800 bits per heavy atom. The molecule has 1 aromatic rings. The van der Waals surface area contributed by atoms with Crippen LogP contribution >= 0.6 is 0 Å². The molecule has 0 amide bonds. The molecule has 0 aliphatic carbocycles. The molecule has 0 aliphatic heterocycles. The standard InChI is InChI=1S/C17H33N2.BrH/c1-3-5-7-9-11-13-18-15-16-19(17-18)14-12-10-8-6-4-2;/h15-17H,3-14H2,1-2H3;1H/q+1;/p-1. The van der Waals surface area contributed by atoms with Crippen LogP contribution in [0.3, 0.4) is 0 Å². The zero-order chi connectivity index (χ0) is 13.8. The summed E-state index contributed by atoms with van der Waals surface area (Å²) >= 11 is 0. The average Bonchev–Trinajstić information content (AvgIpc) is 2.86. The Hall–Kier alpha value is -0.310. The Kier molecular flexibility index (Phi) is 13.5. The third-order valence-corrected chi connectivity index (χ3v) is 3.79. The fourth-order valence-electron chi connectivity index (χ4n) is 2.50. The molecule has 0 radical (unpaired) electrons. The first-order valence-corrected chi connectivity index (χ1v) is 8.41. The van der Waals surface area contributed by atoms with Crippen molar-refractivity contribution in [2.45, 2.75) is 91.1 Å². The van der Waals surface area contributed by atoms with Crippen LogP contribution in [0.5, 0.6) is 0 Å². The number of aromatic nitrogens is 2. The lowest BCUT2D eigenvalue weighted by molar-refractivity contribution is -0.696. The lowest BCUT2D eigenvalue weighted by Gasteiger charge is -1.98. The van der Waals surface area contributed by atoms with Gasteiger partial charge in [-0.15, -0.1) is 0 Å². The minimum Gasteiger partial charge on any atom is -1.00 e. The minimum atomic E-state index is 0. The van der Waals surface area contributed by atoms with Crippen molar-refractivity contribution in [2.75, 3.05) is 0 Å². The van der Waals surface area contributed by atoms with E-state index in [-0.39, 0.29) is 17.0 Å². The number of unbranched alkanes of at least 4 members (excludes halogenated alkanes) is 8. The number of hydrogen-bond acceptors (Lipinski definition) is 0. The zero-order valence-corrected chi connectivity index (χ0v) is 15.1. The average molecular weight is 345 g/mol. The van der Waals surface area contributed by atoms with Crippen LogP contribution < -0.4 is 21.5 Å². The maximum absolute atomic E-state index is 2.35. The number of halogens is 1. The van der Waals surface area contributed by atoms with Crippen molar-refractivity contribution in [3.05, 3.63) is 18.7 Å². The monoisotopic (exact) mass is 344 g/mol. The highest BCUT2D eigenvalue weighted by atomic mass is 79.9. The van der Waals surface area contributed by atoms with Gasteiger partial charge < -0.3 is 17.0 Å². The molecular weight excluding hydrogens is 312 g/mol. The molecule has 1 rings (SSSR count). The first kappa shape index (κ1) is 19.7. The van der Waals surface area contributed by atoms with Gasteiger partial charge in [-0.3, -0.25) is 0 Å². The van der Waals surface area contributed by atoms with Gasteiger partial charge >= 0.3 is 0 Å². The molecule has 20 heavy (non-hydrogen) atoms. The molecule has 0 atom stereocenters. The van der Waals surface area contributed by atoms with Crippen LogP contribution in [-0.2, 0) is 13.1 Å². The second-order valence-corrected chi connectivity index (χ2v) is 5.72. The number of hydrogen-bond donors (Lipinski definition) is 0. The Morgan fingerprint density at radius 3 is 2.05 bits per heavy atom. The lowest BCUT2D eigenvalue weighted by Crippen LogP contribution is -3.00. The van der Waals surface area contributed by atoms with Gasteiger partial charge in [0.15, 0.2) is 0 Å². The van der Waals surface area contributed by atoms with E-state index in [0.717, 1.165) is 0 Å². The van der Waals surface area contributed by atoms with Crippen molar-refractivity contribution < 1.29 is 21.5 Å². The van der Waals surface area contributed by atoms with Crippen LogP contribution in [0.1, 0.15) is 78.1 Å². The van der Waals surface area contributed by atoms with Crippen LogP contribution in [0.25, 0.3) is 0 Å². The summed E-state index contributed by atoms with van der Waals surface area (Å²) in [7, 11) is 0. The fraction of sp³-hybridized carbons (Fsp3) is 0.824. The van der Waals surface area contributed by atoms with E-state index in [4.69, 9.17) is 0 Å². The summed E-state index contributed by atoms with van der Waals surface area (Å²) in [4.78, 5) is 0. The highest BCUT2D eigenvalue weighted by Gasteiger charge is 2.03. The first-order valence-electron chi connectivity index (χ1n) is 8.41. The molecule has 1 heterocycles. The molecule has 0 fully saturated rings. The van der Waals surface area contributed by atoms with Crippen molar-refractivity contribution in [3.8, 4) is 0 Å². The van der Waals surface area contributed by atoms with Gasteiger partial charge in [0.25, 0.3) is 0 Å². The van der Waals surface area contributed by atoms with Gasteiger partial charge in [0.1, 0.15) is 12.4 Å².